The zero-order valence-corrected chi connectivity index (χ0v) is 21.4. The first-order chi connectivity index (χ1) is 16.4. The van der Waals surface area contributed by atoms with Crippen LogP contribution in [0.15, 0.2) is 62.6 Å². The molecular formula is C23H24ClNO6S3. The number of sulfone groups is 1. The summed E-state index contributed by atoms with van der Waals surface area (Å²) in [5.41, 5.74) is 2.75. The molecule has 0 bridgehead atoms. The molecule has 2 N–H and O–H groups in total. The Morgan fingerprint density at radius 2 is 1.94 bits per heavy atom. The second-order valence-electron chi connectivity index (χ2n) is 7.80. The summed E-state index contributed by atoms with van der Waals surface area (Å²) >= 11 is 9.48. The van der Waals surface area contributed by atoms with Crippen LogP contribution in [0.1, 0.15) is 18.4 Å². The number of thioether (sulfide) groups is 2. The SMILES string of the molecule is O=C(NO)C1(S(=O)(=O)c2ccc(OCCSC3=CCc4cc(Cl)ccc4S3)cc2)CCOCC1. The lowest BCUT2D eigenvalue weighted by molar-refractivity contribution is -0.134. The van der Waals surface area contributed by atoms with E-state index in [1.807, 2.05) is 18.2 Å². The van der Waals surface area contributed by atoms with E-state index >= 15 is 0 Å². The van der Waals surface area contributed by atoms with Gasteiger partial charge in [-0.1, -0.05) is 29.4 Å². The second kappa shape index (κ2) is 10.9. The van der Waals surface area contributed by atoms with E-state index < -0.39 is 20.5 Å². The van der Waals surface area contributed by atoms with Crippen LogP contribution >= 0.6 is 35.1 Å². The molecule has 0 saturated carbocycles. The molecule has 0 atom stereocenters. The Balaban J connectivity index is 1.33. The molecule has 1 amide bonds. The first kappa shape index (κ1) is 25.4. The fraction of sp³-hybridized carbons (Fsp3) is 0.348. The summed E-state index contributed by atoms with van der Waals surface area (Å²) in [5.74, 6) is 0.341. The monoisotopic (exact) mass is 541 g/mol. The molecule has 4 rings (SSSR count). The van der Waals surface area contributed by atoms with Gasteiger partial charge in [0, 0.05) is 33.1 Å². The standard InChI is InChI=1S/C23H24ClNO6S3/c24-17-2-7-20-16(15-17)1-8-21(33-20)32-14-13-31-18-3-5-19(6-4-18)34(28,29)23(22(26)25-27)9-11-30-12-10-23/h2-8,15,27H,1,9-14H2,(H,25,26). The third-order valence-corrected chi connectivity index (χ3v) is 10.9. The lowest BCUT2D eigenvalue weighted by Crippen LogP contribution is -2.54. The third kappa shape index (κ3) is 5.27. The summed E-state index contributed by atoms with van der Waals surface area (Å²) in [4.78, 5) is 13.5. The highest BCUT2D eigenvalue weighted by Gasteiger charge is 2.52. The summed E-state index contributed by atoms with van der Waals surface area (Å²) in [6.07, 6.45) is 2.98. The molecule has 2 aliphatic rings. The number of fused-ring (bicyclic) bond motifs is 1. The van der Waals surface area contributed by atoms with Gasteiger partial charge < -0.3 is 9.47 Å². The molecule has 182 valence electrons. The van der Waals surface area contributed by atoms with E-state index in [0.29, 0.717) is 12.4 Å². The average molecular weight is 542 g/mol. The molecule has 2 aliphatic heterocycles. The number of nitrogens with one attached hydrogen (secondary N) is 1. The van der Waals surface area contributed by atoms with E-state index in [0.717, 1.165) is 17.2 Å². The van der Waals surface area contributed by atoms with Gasteiger partial charge in [0.2, 0.25) is 0 Å². The van der Waals surface area contributed by atoms with Gasteiger partial charge in [0.1, 0.15) is 5.75 Å². The molecule has 34 heavy (non-hydrogen) atoms. The highest BCUT2D eigenvalue weighted by molar-refractivity contribution is 8.22. The minimum absolute atomic E-state index is 0.00209. The van der Waals surface area contributed by atoms with Crippen molar-refractivity contribution in [2.45, 2.75) is 33.8 Å². The highest BCUT2D eigenvalue weighted by atomic mass is 35.5. The number of halogens is 1. The number of carbonyl (C=O) groups is 1. The Bertz CT molecular complexity index is 1180. The zero-order chi connectivity index (χ0) is 24.2. The molecule has 2 heterocycles. The maximum atomic E-state index is 13.3. The van der Waals surface area contributed by atoms with Crippen molar-refractivity contribution in [3.63, 3.8) is 0 Å². The molecule has 2 aromatic carbocycles. The van der Waals surface area contributed by atoms with E-state index in [9.17, 15) is 13.2 Å². The van der Waals surface area contributed by atoms with Gasteiger partial charge in [0.25, 0.3) is 5.91 Å². The smallest absolute Gasteiger partial charge is 0.265 e. The largest absolute Gasteiger partial charge is 0.493 e. The third-order valence-electron chi connectivity index (χ3n) is 5.78. The summed E-state index contributed by atoms with van der Waals surface area (Å²) in [7, 11) is -4.05. The van der Waals surface area contributed by atoms with Gasteiger partial charge >= 0.3 is 0 Å². The van der Waals surface area contributed by atoms with Crippen LogP contribution in [0.2, 0.25) is 5.02 Å². The highest BCUT2D eigenvalue weighted by Crippen LogP contribution is 2.41. The van der Waals surface area contributed by atoms with Crippen LogP contribution in [-0.2, 0) is 25.8 Å². The van der Waals surface area contributed by atoms with Crippen molar-refractivity contribution in [2.24, 2.45) is 0 Å². The number of rotatable bonds is 8. The molecule has 11 heteroatoms. The molecule has 0 aliphatic carbocycles. The van der Waals surface area contributed by atoms with Crippen molar-refractivity contribution >= 4 is 50.9 Å². The Labute approximate surface area is 212 Å². The number of hydrogen-bond acceptors (Lipinski definition) is 8. The first-order valence-corrected chi connectivity index (χ1v) is 14.3. The van der Waals surface area contributed by atoms with Crippen LogP contribution in [0, 0.1) is 0 Å². The van der Waals surface area contributed by atoms with Crippen molar-refractivity contribution in [3.05, 3.63) is 63.4 Å². The van der Waals surface area contributed by atoms with Crippen LogP contribution in [0.5, 0.6) is 5.75 Å². The maximum Gasteiger partial charge on any atom is 0.265 e. The number of benzene rings is 2. The zero-order valence-electron chi connectivity index (χ0n) is 18.2. The van der Waals surface area contributed by atoms with Gasteiger partial charge in [-0.2, -0.15) is 0 Å². The molecule has 1 fully saturated rings. The molecule has 0 radical (unpaired) electrons. The number of carbonyl (C=O) groups excluding carboxylic acids is 1. The fourth-order valence-corrected chi connectivity index (χ4v) is 8.15. The Morgan fingerprint density at radius 1 is 1.21 bits per heavy atom. The van der Waals surface area contributed by atoms with Crippen LogP contribution in [0.4, 0.5) is 0 Å². The van der Waals surface area contributed by atoms with Gasteiger partial charge in [-0.15, -0.1) is 11.8 Å². The Kier molecular flexibility index (Phi) is 8.16. The number of ether oxygens (including phenoxy) is 2. The predicted octanol–water partition coefficient (Wildman–Crippen LogP) is 4.47. The summed E-state index contributed by atoms with van der Waals surface area (Å²) in [6.45, 7) is 0.704. The van der Waals surface area contributed by atoms with Crippen LogP contribution in [-0.4, -0.2) is 49.9 Å². The quantitative estimate of drug-likeness (QED) is 0.287. The van der Waals surface area contributed by atoms with E-state index in [-0.39, 0.29) is 31.0 Å². The van der Waals surface area contributed by atoms with Gasteiger partial charge in [0.15, 0.2) is 14.6 Å². The van der Waals surface area contributed by atoms with E-state index in [1.54, 1.807) is 35.7 Å². The molecule has 0 unspecified atom stereocenters. The molecule has 0 spiro atoms. The van der Waals surface area contributed by atoms with Gasteiger partial charge in [-0.3, -0.25) is 10.0 Å². The van der Waals surface area contributed by atoms with Crippen molar-refractivity contribution in [2.75, 3.05) is 25.6 Å². The van der Waals surface area contributed by atoms with Crippen molar-refractivity contribution in [3.8, 4) is 5.75 Å². The van der Waals surface area contributed by atoms with Gasteiger partial charge in [-0.05, 0) is 67.3 Å². The van der Waals surface area contributed by atoms with Crippen LogP contribution < -0.4 is 10.2 Å². The molecule has 0 aromatic heterocycles. The topological polar surface area (TPSA) is 102 Å². The lowest BCUT2D eigenvalue weighted by atomic mass is 9.98. The predicted molar refractivity (Wildman–Crippen MR) is 133 cm³/mol. The Hall–Kier alpha value is -1.69. The Morgan fingerprint density at radius 3 is 2.65 bits per heavy atom. The van der Waals surface area contributed by atoms with Crippen molar-refractivity contribution in [1.82, 2.24) is 5.48 Å². The van der Waals surface area contributed by atoms with E-state index in [1.165, 1.54) is 32.3 Å². The number of hydrogen-bond donors (Lipinski definition) is 2. The molecule has 2 aromatic rings. The minimum atomic E-state index is -4.05. The van der Waals surface area contributed by atoms with Crippen LogP contribution in [0.25, 0.3) is 0 Å². The average Bonchev–Trinajstić information content (AvgIpc) is 2.86. The van der Waals surface area contributed by atoms with Crippen LogP contribution in [0.3, 0.4) is 0 Å². The second-order valence-corrected chi connectivity index (χ2v) is 13.0. The maximum absolute atomic E-state index is 13.3. The number of hydroxylamine groups is 1. The van der Waals surface area contributed by atoms with Crippen molar-refractivity contribution < 1.29 is 27.9 Å². The van der Waals surface area contributed by atoms with E-state index in [4.69, 9.17) is 26.3 Å². The summed E-state index contributed by atoms with van der Waals surface area (Å²) < 4.78 is 37.0. The summed E-state index contributed by atoms with van der Waals surface area (Å²) in [6, 6.07) is 12.0. The van der Waals surface area contributed by atoms with Crippen molar-refractivity contribution in [1.29, 1.82) is 0 Å². The summed E-state index contributed by atoms with van der Waals surface area (Å²) in [5, 5.41) is 9.89. The minimum Gasteiger partial charge on any atom is -0.493 e. The molecule has 1 saturated heterocycles. The lowest BCUT2D eigenvalue weighted by Gasteiger charge is -2.34. The fourth-order valence-electron chi connectivity index (χ4n) is 3.90. The number of amides is 1. The molecule has 7 nitrogen and oxygen atoms in total. The van der Waals surface area contributed by atoms with Gasteiger partial charge in [0.05, 0.1) is 11.5 Å². The first-order valence-electron chi connectivity index (χ1n) is 10.6. The van der Waals surface area contributed by atoms with Gasteiger partial charge in [-0.25, -0.2) is 13.9 Å². The van der Waals surface area contributed by atoms with E-state index in [2.05, 4.69) is 6.08 Å². The normalized spacial score (nSPS) is 17.4. The number of allylic oxidation sites excluding steroid dienone is 1. The molecular weight excluding hydrogens is 518 g/mol.